The lowest BCUT2D eigenvalue weighted by Crippen LogP contribution is -2.54. The standard InChI is InChI=1S/C27H34ClN7O2.C22H26ClN7.C2HF3O.C2H6/c1-15-9-20-19(13-35(15)21-10-22(28)32-24-18(21)7-8-29-24)25(31-14-30-20)34-11-16-5-6-17(12-34)23(16)33-26(36)37-27(2,3)4;1-12-6-17-16(10-30(12)18-7-19(23)28-21-15(18)4-5-25-21)22(27-11-26-17)29-8-13-2-3-14(9-29)20(13)24;3-2(4,5)1-6;1-2/h7-8,10,14-17,23H,5-6,9,11-13H2,1-4H3,(H,29,32)(H,33,36);4-5,7,11-14,20H,2-3,6,8-10,24H2,1H3,(H,25,28);1H;1-2H3/t15-,16-,17+,23?;12-,13-,14+,20?;;/m11../s1/i;;;1D. The fourth-order valence-electron chi connectivity index (χ4n) is 12.1. The van der Waals surface area contributed by atoms with Gasteiger partial charge in [-0.2, -0.15) is 13.2 Å². The number of aromatic amines is 2. The molecule has 10 heterocycles. The molecule has 6 aromatic rings. The summed E-state index contributed by atoms with van der Waals surface area (Å²) in [4.78, 5) is 65.0. The van der Waals surface area contributed by atoms with E-state index in [1.165, 1.54) is 24.0 Å². The van der Waals surface area contributed by atoms with Crippen LogP contribution in [-0.4, -0.2) is 114 Å². The van der Waals surface area contributed by atoms with Gasteiger partial charge in [-0.1, -0.05) is 37.0 Å². The van der Waals surface area contributed by atoms with Gasteiger partial charge in [0.05, 0.1) is 22.8 Å². The summed E-state index contributed by atoms with van der Waals surface area (Å²) in [5, 5.41) is 6.31. The zero-order chi connectivity index (χ0) is 54.2. The van der Waals surface area contributed by atoms with Crippen LogP contribution in [0.3, 0.4) is 0 Å². The minimum atomic E-state index is -4.64. The van der Waals surface area contributed by atoms with Crippen LogP contribution in [0.5, 0.6) is 0 Å². The molecule has 4 bridgehead atoms. The number of alkyl halides is 3. The van der Waals surface area contributed by atoms with Crippen molar-refractivity contribution in [2.45, 2.75) is 136 Å². The minimum Gasteiger partial charge on any atom is -0.444 e. The summed E-state index contributed by atoms with van der Waals surface area (Å²) in [5.41, 5.74) is 14.4. The van der Waals surface area contributed by atoms with E-state index in [2.05, 4.69) is 80.8 Å². The van der Waals surface area contributed by atoms with E-state index in [-0.39, 0.29) is 18.2 Å². The van der Waals surface area contributed by atoms with Gasteiger partial charge in [0.2, 0.25) is 6.29 Å². The van der Waals surface area contributed by atoms with Gasteiger partial charge < -0.3 is 45.4 Å². The quantitative estimate of drug-likeness (QED) is 0.0939. The molecule has 12 rings (SSSR count). The molecule has 4 fully saturated rings. The third-order valence-electron chi connectivity index (χ3n) is 15.4. The highest BCUT2D eigenvalue weighted by molar-refractivity contribution is 6.30. The van der Waals surface area contributed by atoms with Crippen LogP contribution in [0.4, 0.5) is 41.0 Å². The molecule has 6 aliphatic rings. The third-order valence-corrected chi connectivity index (χ3v) is 15.8. The van der Waals surface area contributed by atoms with E-state index in [0.29, 0.717) is 59.5 Å². The average molecular weight is 1080 g/mol. The SMILES string of the molecule is C[C@@H]1Cc2ncnc(N3C[C@H]4CC[C@@H](C3)C4N)c2CN1c1cc(Cl)nc2[nH]ccc12.C[C@@H]1Cc2ncnc(N3C[C@H]4CC[C@@H](C3)C4NC(=O)OC(C)(C)C)c2CN1c1cc(Cl)nc2[nH]ccc12.O=CC(F)(F)F.[2H]CC. The van der Waals surface area contributed by atoms with Gasteiger partial charge in [0.25, 0.3) is 0 Å². The van der Waals surface area contributed by atoms with Crippen molar-refractivity contribution >= 4 is 80.7 Å². The first kappa shape index (κ1) is 52.5. The number of alkyl carbamates (subject to hydrolysis) is 1. The van der Waals surface area contributed by atoms with Gasteiger partial charge in [0.1, 0.15) is 51.5 Å². The summed E-state index contributed by atoms with van der Waals surface area (Å²) in [6.07, 6.45) is 7.62. The van der Waals surface area contributed by atoms with Crippen LogP contribution >= 0.6 is 23.2 Å². The highest BCUT2D eigenvalue weighted by Gasteiger charge is 2.45. The number of aromatic nitrogens is 8. The summed E-state index contributed by atoms with van der Waals surface area (Å²) < 4.78 is 43.0. The number of anilines is 4. The van der Waals surface area contributed by atoms with Crippen molar-refractivity contribution in [1.82, 2.24) is 45.2 Å². The molecule has 2 saturated heterocycles. The Hall–Kier alpha value is -5.99. The monoisotopic (exact) mass is 1080 g/mol. The van der Waals surface area contributed by atoms with Crippen LogP contribution in [-0.2, 0) is 35.5 Å². The zero-order valence-electron chi connectivity index (χ0n) is 44.2. The Morgan fingerprint density at radius 2 is 1.19 bits per heavy atom. The summed E-state index contributed by atoms with van der Waals surface area (Å²) in [7, 11) is 0. The van der Waals surface area contributed by atoms with Gasteiger partial charge in [-0.05, 0) is 108 Å². The molecular weight excluding hydrogens is 1010 g/mol. The molecule has 2 unspecified atom stereocenters. The van der Waals surface area contributed by atoms with E-state index >= 15 is 0 Å². The molecule has 4 aliphatic heterocycles. The number of fused-ring (bicyclic) bond motifs is 8. The summed E-state index contributed by atoms with van der Waals surface area (Å²) in [5.74, 6) is 3.99. The molecule has 5 N–H and O–H groups in total. The number of carbonyl (C=O) groups excluding carboxylic acids is 2. The molecule has 75 heavy (non-hydrogen) atoms. The van der Waals surface area contributed by atoms with Crippen molar-refractivity contribution in [1.29, 1.82) is 0 Å². The smallest absolute Gasteiger partial charge is 0.444 e. The third kappa shape index (κ3) is 11.6. The van der Waals surface area contributed by atoms with Crippen molar-refractivity contribution in [2.75, 3.05) is 45.8 Å². The lowest BCUT2D eigenvalue weighted by molar-refractivity contribution is -0.156. The first-order valence-electron chi connectivity index (χ1n) is 26.5. The minimum absolute atomic E-state index is 0.140. The number of halogens is 5. The van der Waals surface area contributed by atoms with E-state index in [1.54, 1.807) is 19.6 Å². The Balaban J connectivity index is 0.000000163. The van der Waals surface area contributed by atoms with E-state index < -0.39 is 18.1 Å². The van der Waals surface area contributed by atoms with E-state index in [0.717, 1.165) is 115 Å². The number of hydrogen-bond donors (Lipinski definition) is 4. The number of piperidine rings is 2. The van der Waals surface area contributed by atoms with Crippen LogP contribution in [0.1, 0.15) is 98.0 Å². The predicted molar refractivity (Wildman–Crippen MR) is 286 cm³/mol. The number of nitrogens with zero attached hydrogens (tertiary/aromatic N) is 10. The highest BCUT2D eigenvalue weighted by Crippen LogP contribution is 2.43. The fourth-order valence-corrected chi connectivity index (χ4v) is 12.5. The lowest BCUT2D eigenvalue weighted by atomic mass is 9.91. The second kappa shape index (κ2) is 21.9. The number of aldehydes is 1. The van der Waals surface area contributed by atoms with Gasteiger partial charge >= 0.3 is 12.3 Å². The van der Waals surface area contributed by atoms with E-state index in [9.17, 15) is 18.0 Å². The molecule has 402 valence electrons. The number of hydrogen-bond acceptors (Lipinski definition) is 14. The number of nitrogens with two attached hydrogens (primary N) is 1. The van der Waals surface area contributed by atoms with E-state index in [1.807, 2.05) is 45.3 Å². The van der Waals surface area contributed by atoms with Crippen molar-refractivity contribution in [3.63, 3.8) is 0 Å². The Bertz CT molecular complexity index is 3000. The first-order chi connectivity index (χ1) is 36.2. The van der Waals surface area contributed by atoms with Crippen LogP contribution in [0.15, 0.2) is 49.3 Å². The molecule has 1 amide bonds. The maximum absolute atomic E-state index is 12.5. The molecule has 0 radical (unpaired) electrons. The Morgan fingerprint density at radius 3 is 1.60 bits per heavy atom. The highest BCUT2D eigenvalue weighted by atomic mass is 35.5. The Kier molecular flexibility index (Phi) is 15.3. The molecule has 0 spiro atoms. The largest absolute Gasteiger partial charge is 0.446 e. The average Bonchev–Trinajstić information content (AvgIpc) is 4.13. The maximum atomic E-state index is 12.5. The fraction of sp³-hybridized carbons (Fsp3) is 0.547. The van der Waals surface area contributed by atoms with E-state index in [4.69, 9.17) is 49.8 Å². The van der Waals surface area contributed by atoms with Gasteiger partial charge in [0.15, 0.2) is 0 Å². The summed E-state index contributed by atoms with van der Waals surface area (Å²) in [6, 6.07) is 9.10. The number of amides is 1. The van der Waals surface area contributed by atoms with Crippen LogP contribution < -0.4 is 30.7 Å². The number of carbonyl (C=O) groups is 2. The molecule has 0 aromatic carbocycles. The van der Waals surface area contributed by atoms with Crippen LogP contribution in [0, 0.1) is 23.7 Å². The van der Waals surface area contributed by atoms with Gasteiger partial charge in [-0.25, -0.2) is 34.7 Å². The van der Waals surface area contributed by atoms with Crippen molar-refractivity contribution in [3.8, 4) is 0 Å². The summed E-state index contributed by atoms with van der Waals surface area (Å²) in [6.45, 7) is 17.7. The number of rotatable bonds is 5. The number of pyridine rings is 2. The van der Waals surface area contributed by atoms with Crippen LogP contribution in [0.2, 0.25) is 10.3 Å². The molecular formula is C53H67Cl2F3N14O3. The van der Waals surface area contributed by atoms with Crippen molar-refractivity contribution in [3.05, 3.63) is 82.1 Å². The van der Waals surface area contributed by atoms with Crippen molar-refractivity contribution in [2.24, 2.45) is 29.4 Å². The van der Waals surface area contributed by atoms with Crippen LogP contribution in [0.25, 0.3) is 22.1 Å². The zero-order valence-corrected chi connectivity index (χ0v) is 44.7. The number of H-pyrrole nitrogens is 2. The second-order valence-corrected chi connectivity index (χ2v) is 22.2. The predicted octanol–water partition coefficient (Wildman–Crippen LogP) is 9.60. The number of ether oxygens (including phenoxy) is 1. The number of nitrogens with one attached hydrogen (secondary N) is 3. The maximum Gasteiger partial charge on any atom is 0.446 e. The van der Waals surface area contributed by atoms with Gasteiger partial charge in [-0.15, -0.1) is 0 Å². The van der Waals surface area contributed by atoms with Crippen molar-refractivity contribution < 1.29 is 28.9 Å². The second-order valence-electron chi connectivity index (χ2n) is 21.4. The summed E-state index contributed by atoms with van der Waals surface area (Å²) >= 11 is 12.7. The first-order valence-corrected chi connectivity index (χ1v) is 26.5. The molecule has 17 nitrogen and oxygen atoms in total. The lowest BCUT2D eigenvalue weighted by Gasteiger charge is -2.42. The molecule has 2 aliphatic carbocycles. The Labute approximate surface area is 446 Å². The van der Waals surface area contributed by atoms with Gasteiger partial charge in [0, 0.05) is 112 Å². The molecule has 8 atom stereocenters. The van der Waals surface area contributed by atoms with Gasteiger partial charge in [-0.3, -0.25) is 4.79 Å². The normalized spacial score (nSPS) is 24.9. The molecule has 22 heteroatoms. The molecule has 2 saturated carbocycles. The molecule has 6 aromatic heterocycles. The Morgan fingerprint density at radius 1 is 0.773 bits per heavy atom. The topological polar surface area (TPSA) is 203 Å².